The fourth-order valence-corrected chi connectivity index (χ4v) is 5.40. The summed E-state index contributed by atoms with van der Waals surface area (Å²) in [5.41, 5.74) is 1.68. The quantitative estimate of drug-likeness (QED) is 0.169. The lowest BCUT2D eigenvalue weighted by Gasteiger charge is -2.43. The van der Waals surface area contributed by atoms with Crippen molar-refractivity contribution in [2.45, 2.75) is 28.7 Å². The van der Waals surface area contributed by atoms with Crippen LogP contribution in [-0.4, -0.2) is 96.0 Å². The molecular formula is C24H18B7ClFN6O4P. The SMILES string of the molecule is [B]C1([B])c2cn(C)nc2-c2ccc(F)cc2[C@@H](C)Oc2cc(cnc2NCOP(O)O)-c2c1c(Cl)nn2C([B])([B])C([B])([B])[B]. The second kappa shape index (κ2) is 11.6. The Morgan fingerprint density at radius 1 is 1.18 bits per heavy atom. The number of nitrogens with one attached hydrogen (secondary N) is 1. The monoisotopic (exact) mass is 616 g/mol. The first kappa shape index (κ1) is 32.8. The molecule has 3 N–H and O–H groups in total. The van der Waals surface area contributed by atoms with Gasteiger partial charge in [-0.05, 0) is 47.3 Å². The smallest absolute Gasteiger partial charge is 0.328 e. The highest BCUT2D eigenvalue weighted by molar-refractivity contribution is 7.39. The molecule has 1 aliphatic heterocycles. The van der Waals surface area contributed by atoms with Gasteiger partial charge in [-0.3, -0.25) is 13.9 Å². The van der Waals surface area contributed by atoms with E-state index < -0.39 is 36.2 Å². The van der Waals surface area contributed by atoms with Crippen LogP contribution in [0, 0.1) is 5.82 Å². The van der Waals surface area contributed by atoms with Crippen LogP contribution in [0.1, 0.15) is 29.7 Å². The minimum absolute atomic E-state index is 0.0122. The van der Waals surface area contributed by atoms with Crippen LogP contribution in [0.4, 0.5) is 10.2 Å². The van der Waals surface area contributed by atoms with Gasteiger partial charge < -0.3 is 19.8 Å². The van der Waals surface area contributed by atoms with E-state index in [2.05, 4.69) is 20.5 Å². The number of fused-ring (bicyclic) bond motifs is 7. The molecule has 1 aliphatic rings. The number of aryl methyl sites for hydroxylation is 1. The minimum atomic E-state index is -2.67. The first-order valence-electron chi connectivity index (χ1n) is 12.8. The van der Waals surface area contributed by atoms with Gasteiger partial charge in [0.2, 0.25) is 0 Å². The van der Waals surface area contributed by atoms with Crippen molar-refractivity contribution in [3.63, 3.8) is 0 Å². The molecule has 0 spiro atoms. The molecule has 1 aromatic carbocycles. The highest BCUT2D eigenvalue weighted by Crippen LogP contribution is 2.47. The molecule has 4 heterocycles. The van der Waals surface area contributed by atoms with E-state index in [0.717, 1.165) is 4.68 Å². The number of pyridine rings is 1. The molecule has 20 heteroatoms. The molecule has 0 saturated carbocycles. The first-order chi connectivity index (χ1) is 20.4. The summed E-state index contributed by atoms with van der Waals surface area (Å²) in [7, 11) is 43.5. The Morgan fingerprint density at radius 2 is 1.89 bits per heavy atom. The number of anilines is 1. The van der Waals surface area contributed by atoms with Crippen LogP contribution >= 0.6 is 20.2 Å². The molecular weight excluding hydrogens is 597 g/mol. The maximum atomic E-state index is 14.7. The standard InChI is InChI=1S/C24H18B7ClFN6O4P/c1-10-14-6-12(33)3-4-13(14)18-15(8-38(2)36-18)22(25,26)17-19(39(37-20(17)32)24(30,31)23(27,28)29)11-5-16(43-10)21(34-7-11)35-9-42-44(40)41/h3-8,10,40-41H,9H2,1-2H3,(H,34,35)/t10-/m1/s1. The second-order valence-corrected chi connectivity index (χ2v) is 11.5. The van der Waals surface area contributed by atoms with Gasteiger partial charge in [0.25, 0.3) is 0 Å². The van der Waals surface area contributed by atoms with Crippen molar-refractivity contribution in [2.24, 2.45) is 7.05 Å². The third-order valence-corrected chi connectivity index (χ3v) is 7.76. The number of rotatable bonds is 6. The van der Waals surface area contributed by atoms with Crippen LogP contribution in [0.15, 0.2) is 36.7 Å². The van der Waals surface area contributed by atoms with Gasteiger partial charge in [-0.1, -0.05) is 11.6 Å². The highest BCUT2D eigenvalue weighted by atomic mass is 35.5. The van der Waals surface area contributed by atoms with Gasteiger partial charge in [0.05, 0.1) is 66.3 Å². The van der Waals surface area contributed by atoms with E-state index in [1.165, 1.54) is 35.1 Å². The van der Waals surface area contributed by atoms with Gasteiger partial charge in [-0.25, -0.2) is 9.37 Å². The molecule has 0 fully saturated rings. The van der Waals surface area contributed by atoms with E-state index in [-0.39, 0.29) is 45.8 Å². The summed E-state index contributed by atoms with van der Waals surface area (Å²) in [4.78, 5) is 22.8. The maximum absolute atomic E-state index is 14.7. The maximum Gasteiger partial charge on any atom is 0.328 e. The molecule has 1 atom stereocenters. The van der Waals surface area contributed by atoms with Crippen molar-refractivity contribution < 1.29 is 23.4 Å². The van der Waals surface area contributed by atoms with Crippen LogP contribution in [0.5, 0.6) is 5.75 Å². The Labute approximate surface area is 268 Å². The minimum Gasteiger partial charge on any atom is -0.482 e. The largest absolute Gasteiger partial charge is 0.482 e. The zero-order valence-electron chi connectivity index (χ0n) is 23.4. The average Bonchev–Trinajstić information content (AvgIpc) is 3.49. The number of aromatic nitrogens is 5. The Bertz CT molecular complexity index is 1740. The van der Waals surface area contributed by atoms with Crippen LogP contribution in [0.25, 0.3) is 22.5 Å². The van der Waals surface area contributed by atoms with Crippen molar-refractivity contribution in [2.75, 3.05) is 12.0 Å². The van der Waals surface area contributed by atoms with Gasteiger partial charge in [0.15, 0.2) is 16.7 Å². The Morgan fingerprint density at radius 3 is 2.55 bits per heavy atom. The molecule has 0 aliphatic carbocycles. The summed E-state index contributed by atoms with van der Waals surface area (Å²) in [5, 5.41) is 4.99. The average molecular weight is 616 g/mol. The normalized spacial score (nSPS) is 16.2. The summed E-state index contributed by atoms with van der Waals surface area (Å²) in [6.45, 7) is 1.33. The Balaban J connectivity index is 1.88. The van der Waals surface area contributed by atoms with Gasteiger partial charge in [0.1, 0.15) is 18.7 Å². The molecule has 0 unspecified atom stereocenters. The molecule has 5 rings (SSSR count). The predicted molar refractivity (Wildman–Crippen MR) is 171 cm³/mol. The fraction of sp³-hybridized carbons (Fsp3) is 0.292. The summed E-state index contributed by atoms with van der Waals surface area (Å²) in [6.07, 6.45) is 2.11. The number of halogens is 2. The molecule has 14 radical (unpaired) electrons. The Kier molecular flexibility index (Phi) is 8.66. The van der Waals surface area contributed by atoms with E-state index in [0.29, 0.717) is 16.8 Å². The third kappa shape index (κ3) is 5.76. The number of hydrogen-bond donors (Lipinski definition) is 3. The third-order valence-electron chi connectivity index (χ3n) is 7.13. The lowest BCUT2D eigenvalue weighted by atomic mass is 9.26. The van der Waals surface area contributed by atoms with Crippen molar-refractivity contribution >= 4 is 80.9 Å². The van der Waals surface area contributed by atoms with Crippen molar-refractivity contribution in [3.05, 3.63) is 64.3 Å². The summed E-state index contributed by atoms with van der Waals surface area (Å²) < 4.78 is 28.3. The van der Waals surface area contributed by atoms with E-state index in [9.17, 15) is 14.2 Å². The molecule has 0 saturated heterocycles. The summed E-state index contributed by atoms with van der Waals surface area (Å²) in [5.74, 6) is -0.338. The zero-order valence-corrected chi connectivity index (χ0v) is 25.1. The zero-order chi connectivity index (χ0) is 32.4. The number of benzene rings is 1. The first-order valence-corrected chi connectivity index (χ1v) is 14.3. The van der Waals surface area contributed by atoms with Crippen LogP contribution in [0.3, 0.4) is 0 Å². The van der Waals surface area contributed by atoms with E-state index in [4.69, 9.17) is 75.8 Å². The van der Waals surface area contributed by atoms with Crippen LogP contribution in [0.2, 0.25) is 10.3 Å². The molecule has 208 valence electrons. The molecule has 0 amide bonds. The number of ether oxygens (including phenoxy) is 1. The Hall–Kier alpha value is -2.63. The van der Waals surface area contributed by atoms with Crippen molar-refractivity contribution in [1.29, 1.82) is 0 Å². The molecule has 4 aromatic rings. The van der Waals surface area contributed by atoms with Gasteiger partial charge in [-0.2, -0.15) is 10.2 Å². The topological polar surface area (TPSA) is 119 Å². The second-order valence-electron chi connectivity index (χ2n) is 10.4. The van der Waals surface area contributed by atoms with E-state index >= 15 is 0 Å². The van der Waals surface area contributed by atoms with E-state index in [1.54, 1.807) is 20.2 Å². The van der Waals surface area contributed by atoms with Gasteiger partial charge >= 0.3 is 8.60 Å². The van der Waals surface area contributed by atoms with Gasteiger partial charge in [0, 0.05) is 41.7 Å². The number of nitrogens with zero attached hydrogens (tertiary/aromatic N) is 5. The van der Waals surface area contributed by atoms with Crippen molar-refractivity contribution in [3.8, 4) is 28.3 Å². The van der Waals surface area contributed by atoms with E-state index in [1.807, 2.05) is 0 Å². The lowest BCUT2D eigenvalue weighted by Crippen LogP contribution is -2.49. The van der Waals surface area contributed by atoms with Crippen LogP contribution < -0.4 is 10.1 Å². The summed E-state index contributed by atoms with van der Waals surface area (Å²) in [6, 6.07) is 5.58. The highest BCUT2D eigenvalue weighted by Gasteiger charge is 2.41. The fourth-order valence-electron chi connectivity index (χ4n) is 4.90. The molecule has 2 bridgehead atoms. The van der Waals surface area contributed by atoms with Crippen LogP contribution in [-0.2, 0) is 22.1 Å². The predicted octanol–water partition coefficient (Wildman–Crippen LogP) is 1.25. The molecule has 3 aromatic heterocycles. The molecule has 10 nitrogen and oxygen atoms in total. The molecule has 44 heavy (non-hydrogen) atoms. The van der Waals surface area contributed by atoms with Crippen molar-refractivity contribution in [1.82, 2.24) is 24.5 Å². The lowest BCUT2D eigenvalue weighted by molar-refractivity contribution is 0.226. The summed E-state index contributed by atoms with van der Waals surface area (Å²) >= 11 is 6.73. The number of hydrogen-bond acceptors (Lipinski definition) is 8. The van der Waals surface area contributed by atoms with Gasteiger partial charge in [-0.15, -0.1) is 5.11 Å².